The van der Waals surface area contributed by atoms with Gasteiger partial charge >= 0.3 is 12.3 Å². The number of aromatic nitrogens is 3. The standard InChI is InChI=1S/C30H39N3O6S/c1-10-36-29(34)38-19(6)22(17(3)4)16-23(20(7)39-30(35)37-11-2)27-26(28(40-9)32-31-27)21-13-12-14-25-24(21)15-18(5)33(25)8/h14-17H,7,10-13H2,1-6,8-9H3,(H,31,32)/b22-19-,23-16+. The number of allylic oxidation sites excluding steroid dienone is 4. The van der Waals surface area contributed by atoms with Crippen molar-refractivity contribution in [3.8, 4) is 0 Å². The number of fused-ring (bicyclic) bond motifs is 1. The molecular weight excluding hydrogens is 530 g/mol. The average molecular weight is 570 g/mol. The fourth-order valence-corrected chi connectivity index (χ4v) is 5.26. The third kappa shape index (κ3) is 6.72. The molecule has 0 saturated carbocycles. The molecule has 0 fully saturated rings. The molecule has 216 valence electrons. The molecule has 40 heavy (non-hydrogen) atoms. The molecule has 9 nitrogen and oxygen atoms in total. The molecule has 1 N–H and O–H groups in total. The first-order valence-electron chi connectivity index (χ1n) is 13.3. The number of ether oxygens (including phenoxy) is 4. The summed E-state index contributed by atoms with van der Waals surface area (Å²) in [4.78, 5) is 24.4. The molecule has 2 aromatic rings. The van der Waals surface area contributed by atoms with E-state index in [1.807, 2.05) is 26.2 Å². The number of nitrogens with one attached hydrogen (secondary N) is 1. The van der Waals surface area contributed by atoms with Gasteiger partial charge in [-0.2, -0.15) is 5.10 Å². The van der Waals surface area contributed by atoms with E-state index in [-0.39, 0.29) is 24.9 Å². The molecule has 0 bridgehead atoms. The molecule has 1 aliphatic carbocycles. The molecular formula is C30H39N3O6S. The number of H-pyrrole nitrogens is 1. The van der Waals surface area contributed by atoms with Crippen LogP contribution in [0.3, 0.4) is 0 Å². The molecule has 2 aromatic heterocycles. The molecule has 10 heteroatoms. The zero-order chi connectivity index (χ0) is 29.6. The van der Waals surface area contributed by atoms with Gasteiger partial charge in [-0.1, -0.05) is 26.5 Å². The van der Waals surface area contributed by atoms with Gasteiger partial charge in [0.2, 0.25) is 0 Å². The van der Waals surface area contributed by atoms with Crippen molar-refractivity contribution in [3.63, 3.8) is 0 Å². The lowest BCUT2D eigenvalue weighted by atomic mass is 9.91. The molecule has 0 saturated heterocycles. The van der Waals surface area contributed by atoms with Gasteiger partial charge in [0.1, 0.15) is 16.5 Å². The van der Waals surface area contributed by atoms with Gasteiger partial charge in [0.15, 0.2) is 0 Å². The van der Waals surface area contributed by atoms with Gasteiger partial charge in [-0.3, -0.25) is 5.10 Å². The van der Waals surface area contributed by atoms with Crippen LogP contribution in [0.4, 0.5) is 9.59 Å². The number of carbonyl (C=O) groups is 2. The molecule has 0 atom stereocenters. The number of nitrogens with zero attached hydrogens (tertiary/aromatic N) is 2. The monoisotopic (exact) mass is 569 g/mol. The topological polar surface area (TPSA) is 105 Å². The predicted molar refractivity (Wildman–Crippen MR) is 157 cm³/mol. The minimum absolute atomic E-state index is 0.0634. The van der Waals surface area contributed by atoms with Crippen LogP contribution in [0.15, 0.2) is 40.8 Å². The number of rotatable bonds is 10. The molecule has 2 heterocycles. The first-order chi connectivity index (χ1) is 19.0. The molecule has 1 aliphatic rings. The Labute approximate surface area is 239 Å². The van der Waals surface area contributed by atoms with Gasteiger partial charge < -0.3 is 23.5 Å². The van der Waals surface area contributed by atoms with Crippen molar-refractivity contribution in [1.29, 1.82) is 0 Å². The Bertz CT molecular complexity index is 1480. The molecule has 0 aliphatic heterocycles. The van der Waals surface area contributed by atoms with E-state index in [1.165, 1.54) is 11.8 Å². The van der Waals surface area contributed by atoms with E-state index in [4.69, 9.17) is 18.9 Å². The lowest BCUT2D eigenvalue weighted by Gasteiger charge is -2.18. The van der Waals surface area contributed by atoms with Gasteiger partial charge in [-0.05, 0) is 76.0 Å². The van der Waals surface area contributed by atoms with Crippen LogP contribution in [0.5, 0.6) is 0 Å². The van der Waals surface area contributed by atoms with Crippen molar-refractivity contribution in [1.82, 2.24) is 14.8 Å². The maximum atomic E-state index is 12.3. The van der Waals surface area contributed by atoms with Crippen LogP contribution < -0.4 is 10.6 Å². The van der Waals surface area contributed by atoms with Crippen LogP contribution in [0, 0.1) is 12.8 Å². The van der Waals surface area contributed by atoms with Gasteiger partial charge in [-0.25, -0.2) is 9.59 Å². The Kier molecular flexibility index (Phi) is 10.5. The van der Waals surface area contributed by atoms with Crippen LogP contribution in [0.2, 0.25) is 0 Å². The van der Waals surface area contributed by atoms with Gasteiger partial charge in [-0.15, -0.1) is 11.8 Å². The van der Waals surface area contributed by atoms with Crippen LogP contribution in [-0.2, 0) is 26.0 Å². The lowest BCUT2D eigenvalue weighted by Crippen LogP contribution is -2.32. The second kappa shape index (κ2) is 13.6. The minimum Gasteiger partial charge on any atom is -0.434 e. The van der Waals surface area contributed by atoms with Crippen molar-refractivity contribution >= 4 is 41.3 Å². The molecule has 0 aromatic carbocycles. The second-order valence-corrected chi connectivity index (χ2v) is 10.4. The minimum atomic E-state index is -0.861. The number of aryl methyl sites for hydroxylation is 1. The number of thioether (sulfide) groups is 1. The van der Waals surface area contributed by atoms with E-state index in [0.717, 1.165) is 45.3 Å². The zero-order valence-electron chi connectivity index (χ0n) is 24.6. The van der Waals surface area contributed by atoms with Crippen molar-refractivity contribution in [2.45, 2.75) is 59.4 Å². The maximum Gasteiger partial charge on any atom is 0.513 e. The third-order valence-electron chi connectivity index (χ3n) is 6.67. The van der Waals surface area contributed by atoms with Crippen molar-refractivity contribution in [3.05, 3.63) is 63.3 Å². The summed E-state index contributed by atoms with van der Waals surface area (Å²) in [5.41, 5.74) is 5.03. The largest absolute Gasteiger partial charge is 0.513 e. The number of carbonyl (C=O) groups excluding carboxylic acids is 2. The van der Waals surface area contributed by atoms with Crippen LogP contribution in [-0.4, -0.2) is 46.5 Å². The Morgan fingerprint density at radius 2 is 1.85 bits per heavy atom. The molecule has 0 radical (unpaired) electrons. The van der Waals surface area contributed by atoms with Crippen molar-refractivity contribution < 1.29 is 28.5 Å². The van der Waals surface area contributed by atoms with Crippen LogP contribution in [0.25, 0.3) is 17.2 Å². The zero-order valence-corrected chi connectivity index (χ0v) is 25.4. The van der Waals surface area contributed by atoms with Gasteiger partial charge in [0.25, 0.3) is 0 Å². The summed E-state index contributed by atoms with van der Waals surface area (Å²) in [6.07, 6.45) is 6.07. The third-order valence-corrected chi connectivity index (χ3v) is 7.35. The predicted octanol–water partition coefficient (Wildman–Crippen LogP) is 5.73. The molecule has 0 unspecified atom stereocenters. The second-order valence-electron chi connectivity index (χ2n) is 9.57. The summed E-state index contributed by atoms with van der Waals surface area (Å²) in [6.45, 7) is 15.6. The first-order valence-corrected chi connectivity index (χ1v) is 14.6. The van der Waals surface area contributed by atoms with Crippen molar-refractivity contribution in [2.75, 3.05) is 19.5 Å². The fourth-order valence-electron chi connectivity index (χ4n) is 4.69. The average Bonchev–Trinajstić information content (AvgIpc) is 3.44. The van der Waals surface area contributed by atoms with Crippen LogP contribution >= 0.6 is 11.8 Å². The highest BCUT2D eigenvalue weighted by molar-refractivity contribution is 7.98. The highest BCUT2D eigenvalue weighted by Gasteiger charge is 2.26. The first kappa shape index (κ1) is 30.9. The smallest absolute Gasteiger partial charge is 0.434 e. The Hall–Kier alpha value is -3.66. The number of hydrogen-bond acceptors (Lipinski definition) is 8. The van der Waals surface area contributed by atoms with Crippen LogP contribution in [0.1, 0.15) is 64.4 Å². The summed E-state index contributed by atoms with van der Waals surface area (Å²) >= 11 is 1.52. The highest BCUT2D eigenvalue weighted by atomic mass is 32.2. The summed E-state index contributed by atoms with van der Waals surface area (Å²) in [5.74, 6) is 0.374. The molecule has 0 spiro atoms. The van der Waals surface area contributed by atoms with E-state index in [1.54, 1.807) is 20.8 Å². The quantitative estimate of drug-likeness (QED) is 0.168. The van der Waals surface area contributed by atoms with E-state index in [0.29, 0.717) is 22.6 Å². The fraction of sp³-hybridized carbons (Fsp3) is 0.433. The summed E-state index contributed by atoms with van der Waals surface area (Å²) in [7, 11) is 2.06. The molecule has 3 rings (SSSR count). The summed E-state index contributed by atoms with van der Waals surface area (Å²) < 4.78 is 23.1. The van der Waals surface area contributed by atoms with E-state index in [2.05, 4.69) is 47.5 Å². The lowest BCUT2D eigenvalue weighted by molar-refractivity contribution is 0.0808. The van der Waals surface area contributed by atoms with E-state index >= 15 is 0 Å². The highest BCUT2D eigenvalue weighted by Crippen LogP contribution is 2.37. The van der Waals surface area contributed by atoms with Gasteiger partial charge in [0.05, 0.1) is 18.9 Å². The number of hydrogen-bond donors (Lipinski definition) is 1. The van der Waals surface area contributed by atoms with Crippen molar-refractivity contribution in [2.24, 2.45) is 13.0 Å². The Morgan fingerprint density at radius 1 is 1.20 bits per heavy atom. The molecule has 0 amide bonds. The normalized spacial score (nSPS) is 13.8. The number of aromatic amines is 1. The SMILES string of the molecule is C=C(OC(=O)OCC)/C(=C\C(=C(/C)OC(=O)OCC)C(C)C)c1[nH]nc(SC)c1C1=c2cc(C)n(C)c2=CCC1. The Morgan fingerprint density at radius 3 is 2.45 bits per heavy atom. The van der Waals surface area contributed by atoms with E-state index in [9.17, 15) is 9.59 Å². The van der Waals surface area contributed by atoms with E-state index < -0.39 is 12.3 Å². The summed E-state index contributed by atoms with van der Waals surface area (Å²) in [5, 5.41) is 10.9. The maximum absolute atomic E-state index is 12.3. The Balaban J connectivity index is 2.32. The summed E-state index contributed by atoms with van der Waals surface area (Å²) in [6, 6.07) is 2.19. The van der Waals surface area contributed by atoms with Gasteiger partial charge in [0, 0.05) is 34.4 Å².